The van der Waals surface area contributed by atoms with Crippen LogP contribution in [-0.4, -0.2) is 23.3 Å². The first-order chi connectivity index (χ1) is 13.5. The van der Waals surface area contributed by atoms with Gasteiger partial charge in [0.1, 0.15) is 0 Å². The fourth-order valence-electron chi connectivity index (χ4n) is 3.25. The number of carbonyl (C=O) groups excluding carboxylic acids is 2. The molecule has 0 spiro atoms. The maximum atomic E-state index is 13.4. The second-order valence-corrected chi connectivity index (χ2v) is 6.94. The number of benzene rings is 2. The van der Waals surface area contributed by atoms with E-state index >= 15 is 0 Å². The summed E-state index contributed by atoms with van der Waals surface area (Å²) >= 11 is 0. The van der Waals surface area contributed by atoms with Crippen molar-refractivity contribution in [3.05, 3.63) is 78.4 Å². The van der Waals surface area contributed by atoms with Gasteiger partial charge in [-0.25, -0.2) is 0 Å². The molecule has 2 atom stereocenters. The molecule has 0 aliphatic heterocycles. The molecule has 0 fully saturated rings. The first-order valence-corrected chi connectivity index (χ1v) is 9.75. The molecule has 4 nitrogen and oxygen atoms in total. The highest BCUT2D eigenvalue weighted by atomic mass is 16.3. The maximum absolute atomic E-state index is 13.4. The molecule has 1 amide bonds. The number of carbonyl (C=O) groups is 2. The number of anilines is 1. The summed E-state index contributed by atoms with van der Waals surface area (Å²) in [6.07, 6.45) is 3.12. The topological polar surface area (TPSA) is 57.6 Å². The van der Waals surface area contributed by atoms with E-state index < -0.39 is 12.0 Å². The lowest BCUT2D eigenvalue weighted by atomic mass is 9.89. The summed E-state index contributed by atoms with van der Waals surface area (Å²) in [4.78, 5) is 26.6. The molecule has 0 heterocycles. The number of nitrogens with zero attached hydrogens (tertiary/aromatic N) is 1. The van der Waals surface area contributed by atoms with Gasteiger partial charge in [0, 0.05) is 17.8 Å². The summed E-state index contributed by atoms with van der Waals surface area (Å²) in [5.74, 6) is -0.716. The van der Waals surface area contributed by atoms with E-state index in [1.165, 1.54) is 6.92 Å². The van der Waals surface area contributed by atoms with Crippen LogP contribution in [0, 0.1) is 5.92 Å². The van der Waals surface area contributed by atoms with Crippen LogP contribution in [0.1, 0.15) is 55.1 Å². The number of hydrogen-bond acceptors (Lipinski definition) is 3. The van der Waals surface area contributed by atoms with Gasteiger partial charge in [0.25, 0.3) is 0 Å². The Morgan fingerprint density at radius 3 is 2.29 bits per heavy atom. The molecule has 0 aliphatic carbocycles. The van der Waals surface area contributed by atoms with E-state index in [1.54, 1.807) is 35.2 Å². The van der Waals surface area contributed by atoms with E-state index in [1.807, 2.05) is 30.3 Å². The van der Waals surface area contributed by atoms with Crippen LogP contribution in [-0.2, 0) is 4.79 Å². The van der Waals surface area contributed by atoms with E-state index in [-0.39, 0.29) is 11.7 Å². The third kappa shape index (κ3) is 5.40. The Morgan fingerprint density at radius 2 is 1.75 bits per heavy atom. The number of aliphatic hydroxyl groups excluding tert-OH is 1. The molecular formula is C24H29NO3. The van der Waals surface area contributed by atoms with Crippen LogP contribution in [0.25, 0.3) is 0 Å². The number of hydrogen-bond donors (Lipinski definition) is 1. The molecule has 28 heavy (non-hydrogen) atoms. The second kappa shape index (κ2) is 10.6. The molecule has 0 radical (unpaired) electrons. The van der Waals surface area contributed by atoms with Gasteiger partial charge in [-0.3, -0.25) is 9.59 Å². The average Bonchev–Trinajstić information content (AvgIpc) is 2.72. The minimum absolute atomic E-state index is 0.0270. The molecule has 148 valence electrons. The zero-order valence-corrected chi connectivity index (χ0v) is 16.7. The molecule has 2 rings (SSSR count). The number of para-hydroxylation sites is 1. The summed E-state index contributed by atoms with van der Waals surface area (Å²) in [5, 5.41) is 11.0. The molecule has 0 aliphatic rings. The lowest BCUT2D eigenvalue weighted by Gasteiger charge is -2.29. The zero-order valence-electron chi connectivity index (χ0n) is 16.7. The van der Waals surface area contributed by atoms with Crippen molar-refractivity contribution >= 4 is 17.4 Å². The normalized spacial score (nSPS) is 12.8. The van der Waals surface area contributed by atoms with Crippen LogP contribution in [0.5, 0.6) is 0 Å². The molecule has 0 aromatic heterocycles. The van der Waals surface area contributed by atoms with Gasteiger partial charge in [0.05, 0.1) is 12.0 Å². The number of unbranched alkanes of at least 4 members (excludes halogenated alkanes) is 1. The summed E-state index contributed by atoms with van der Waals surface area (Å²) in [7, 11) is 0. The average molecular weight is 380 g/mol. The molecule has 0 unspecified atom stereocenters. The van der Waals surface area contributed by atoms with Crippen molar-refractivity contribution in [1.82, 2.24) is 0 Å². The maximum Gasteiger partial charge on any atom is 0.233 e. The van der Waals surface area contributed by atoms with Crippen molar-refractivity contribution in [3.8, 4) is 0 Å². The summed E-state index contributed by atoms with van der Waals surface area (Å²) in [5.41, 5.74) is 2.02. The molecule has 4 heteroatoms. The van der Waals surface area contributed by atoms with Crippen molar-refractivity contribution in [3.63, 3.8) is 0 Å². The largest absolute Gasteiger partial charge is 0.388 e. The van der Waals surface area contributed by atoms with Gasteiger partial charge in [0.15, 0.2) is 5.78 Å². The first kappa shape index (κ1) is 21.6. The lowest BCUT2D eigenvalue weighted by Crippen LogP contribution is -2.39. The second-order valence-electron chi connectivity index (χ2n) is 6.94. The first-order valence-electron chi connectivity index (χ1n) is 9.75. The van der Waals surface area contributed by atoms with E-state index in [2.05, 4.69) is 13.5 Å². The number of rotatable bonds is 10. The minimum atomic E-state index is -0.934. The highest BCUT2D eigenvalue weighted by Gasteiger charge is 2.31. The van der Waals surface area contributed by atoms with Gasteiger partial charge in [-0.2, -0.15) is 0 Å². The van der Waals surface area contributed by atoms with Crippen LogP contribution in [0.3, 0.4) is 0 Å². The third-order valence-electron chi connectivity index (χ3n) is 4.87. The van der Waals surface area contributed by atoms with Gasteiger partial charge in [-0.1, -0.05) is 68.3 Å². The fourth-order valence-corrected chi connectivity index (χ4v) is 3.25. The van der Waals surface area contributed by atoms with E-state index in [9.17, 15) is 14.7 Å². The van der Waals surface area contributed by atoms with Crippen LogP contribution < -0.4 is 4.90 Å². The molecule has 1 N–H and O–H groups in total. The Kier molecular flexibility index (Phi) is 8.15. The Balaban J connectivity index is 2.32. The van der Waals surface area contributed by atoms with E-state index in [0.29, 0.717) is 24.1 Å². The van der Waals surface area contributed by atoms with Crippen molar-refractivity contribution in [2.24, 2.45) is 5.92 Å². The lowest BCUT2D eigenvalue weighted by molar-refractivity contribution is -0.126. The smallest absolute Gasteiger partial charge is 0.233 e. The number of Topliss-reactive ketones (excluding diaryl/α,β-unsaturated/α-hetero) is 1. The Morgan fingerprint density at radius 1 is 1.11 bits per heavy atom. The van der Waals surface area contributed by atoms with Crippen LogP contribution in [0.2, 0.25) is 0 Å². The third-order valence-corrected chi connectivity index (χ3v) is 4.87. The van der Waals surface area contributed by atoms with Crippen molar-refractivity contribution in [1.29, 1.82) is 0 Å². The predicted octanol–water partition coefficient (Wildman–Crippen LogP) is 4.95. The quantitative estimate of drug-likeness (QED) is 0.469. The monoisotopic (exact) mass is 379 g/mol. The molecule has 0 bridgehead atoms. The van der Waals surface area contributed by atoms with Crippen molar-refractivity contribution < 1.29 is 14.7 Å². The van der Waals surface area contributed by atoms with Gasteiger partial charge in [0.2, 0.25) is 5.91 Å². The standard InChI is InChI=1S/C24H29NO3/c1-4-6-12-22(23(27)20-15-13-19(14-16-20)18(3)26)24(28)25(17-5-2)21-10-8-7-9-11-21/h5,7-11,13-16,22-23,27H,2,4,6,12,17H2,1,3H3/t22-,23-/m1/s1. The predicted molar refractivity (Wildman–Crippen MR) is 113 cm³/mol. The van der Waals surface area contributed by atoms with Gasteiger partial charge >= 0.3 is 0 Å². The zero-order chi connectivity index (χ0) is 20.5. The van der Waals surface area contributed by atoms with E-state index in [4.69, 9.17) is 0 Å². The van der Waals surface area contributed by atoms with Crippen molar-refractivity contribution in [2.75, 3.05) is 11.4 Å². The molecule has 2 aromatic carbocycles. The SMILES string of the molecule is C=CCN(C(=O)[C@H](CCCC)[C@H](O)c1ccc(C(C)=O)cc1)c1ccccc1. The Hall–Kier alpha value is -2.72. The highest BCUT2D eigenvalue weighted by Crippen LogP contribution is 2.30. The Labute approximate surface area is 167 Å². The van der Waals surface area contributed by atoms with Crippen LogP contribution >= 0.6 is 0 Å². The summed E-state index contributed by atoms with van der Waals surface area (Å²) < 4.78 is 0. The van der Waals surface area contributed by atoms with Gasteiger partial charge < -0.3 is 10.0 Å². The van der Waals surface area contributed by atoms with Crippen molar-refractivity contribution in [2.45, 2.75) is 39.2 Å². The minimum Gasteiger partial charge on any atom is -0.388 e. The molecular weight excluding hydrogens is 350 g/mol. The van der Waals surface area contributed by atoms with E-state index in [0.717, 1.165) is 18.5 Å². The Bertz CT molecular complexity index is 783. The van der Waals surface area contributed by atoms with Gasteiger partial charge in [-0.15, -0.1) is 6.58 Å². The molecule has 0 saturated heterocycles. The molecule has 2 aromatic rings. The van der Waals surface area contributed by atoms with Gasteiger partial charge in [-0.05, 0) is 31.0 Å². The number of ketones is 1. The summed E-state index contributed by atoms with van der Waals surface area (Å²) in [6.45, 7) is 7.72. The number of amides is 1. The van der Waals surface area contributed by atoms with Crippen LogP contribution in [0.15, 0.2) is 67.3 Å². The molecule has 0 saturated carbocycles. The fraction of sp³-hybridized carbons (Fsp3) is 0.333. The number of aliphatic hydroxyl groups is 1. The van der Waals surface area contributed by atoms with Crippen LogP contribution in [0.4, 0.5) is 5.69 Å². The summed E-state index contributed by atoms with van der Waals surface area (Å²) in [6, 6.07) is 16.3. The highest BCUT2D eigenvalue weighted by molar-refractivity contribution is 5.96.